The molecule has 0 atom stereocenters. The molecule has 0 spiro atoms. The Morgan fingerprint density at radius 2 is 2.30 bits per heavy atom. The van der Waals surface area contributed by atoms with Gasteiger partial charge in [0.25, 0.3) is 0 Å². The Balaban J connectivity index is 1.95. The second-order valence-corrected chi connectivity index (χ2v) is 5.70. The summed E-state index contributed by atoms with van der Waals surface area (Å²) in [5.41, 5.74) is 10.1. The molecule has 1 amide bonds. The first kappa shape index (κ1) is 15.4. The highest BCUT2D eigenvalue weighted by molar-refractivity contribution is 5.74. The second-order valence-electron chi connectivity index (χ2n) is 5.70. The minimum atomic E-state index is -0.0464. The van der Waals surface area contributed by atoms with Crippen LogP contribution in [0.15, 0.2) is 30.7 Å². The van der Waals surface area contributed by atoms with E-state index in [0.29, 0.717) is 13.2 Å². The van der Waals surface area contributed by atoms with Gasteiger partial charge in [-0.3, -0.25) is 9.78 Å². The maximum atomic E-state index is 11.2. The predicted molar refractivity (Wildman–Crippen MR) is 89.7 cm³/mol. The fourth-order valence-electron chi connectivity index (χ4n) is 2.92. The summed E-state index contributed by atoms with van der Waals surface area (Å²) in [6.45, 7) is 3.44. The molecule has 1 aliphatic heterocycles. The topological polar surface area (TPSA) is 84.1 Å². The minimum Gasteiger partial charge on any atom is -0.352 e. The van der Waals surface area contributed by atoms with E-state index in [0.717, 1.165) is 41.9 Å². The normalized spacial score (nSPS) is 13.6. The second kappa shape index (κ2) is 6.75. The zero-order valence-electron chi connectivity index (χ0n) is 13.2. The van der Waals surface area contributed by atoms with Crippen LogP contribution in [0.4, 0.5) is 5.82 Å². The molecule has 0 aromatic carbocycles. The Labute approximate surface area is 135 Å². The van der Waals surface area contributed by atoms with Gasteiger partial charge in [-0.05, 0) is 36.1 Å². The van der Waals surface area contributed by atoms with Gasteiger partial charge in [0, 0.05) is 49.7 Å². The van der Waals surface area contributed by atoms with Gasteiger partial charge in [0.2, 0.25) is 5.91 Å². The largest absolute Gasteiger partial charge is 0.352 e. The van der Waals surface area contributed by atoms with Crippen LogP contribution in [0, 0.1) is 0 Å². The molecule has 0 aliphatic carbocycles. The Kier molecular flexibility index (Phi) is 4.52. The smallest absolute Gasteiger partial charge is 0.217 e. The Hall–Kier alpha value is -2.47. The molecule has 23 heavy (non-hydrogen) atoms. The molecule has 2 aromatic heterocycles. The molecule has 0 fully saturated rings. The maximum Gasteiger partial charge on any atom is 0.217 e. The van der Waals surface area contributed by atoms with Gasteiger partial charge >= 0.3 is 0 Å². The number of nitrogens with two attached hydrogens (primary N) is 1. The molecule has 120 valence electrons. The molecule has 6 heteroatoms. The molecule has 2 aromatic rings. The van der Waals surface area contributed by atoms with Crippen LogP contribution < -0.4 is 16.0 Å². The van der Waals surface area contributed by atoms with Gasteiger partial charge in [-0.1, -0.05) is 0 Å². The van der Waals surface area contributed by atoms with Crippen LogP contribution in [0.5, 0.6) is 0 Å². The monoisotopic (exact) mass is 311 g/mol. The first-order valence-electron chi connectivity index (χ1n) is 7.80. The van der Waals surface area contributed by atoms with E-state index in [1.807, 2.05) is 18.5 Å². The highest BCUT2D eigenvalue weighted by atomic mass is 16.1. The number of anilines is 1. The van der Waals surface area contributed by atoms with Crippen molar-refractivity contribution in [2.75, 3.05) is 18.1 Å². The predicted octanol–water partition coefficient (Wildman–Crippen LogP) is 1.45. The number of hydrogen-bond acceptors (Lipinski definition) is 5. The lowest BCUT2D eigenvalue weighted by Gasteiger charge is -2.29. The molecular weight excluding hydrogens is 290 g/mol. The first-order chi connectivity index (χ1) is 11.2. The Morgan fingerprint density at radius 1 is 1.43 bits per heavy atom. The van der Waals surface area contributed by atoms with E-state index in [1.165, 1.54) is 12.5 Å². The van der Waals surface area contributed by atoms with Crippen molar-refractivity contribution in [3.05, 3.63) is 41.9 Å². The number of carbonyl (C=O) groups is 1. The number of aryl methyl sites for hydroxylation is 1. The van der Waals surface area contributed by atoms with Gasteiger partial charge in [-0.25, -0.2) is 4.98 Å². The van der Waals surface area contributed by atoms with Crippen molar-refractivity contribution in [2.24, 2.45) is 5.73 Å². The first-order valence-corrected chi connectivity index (χ1v) is 7.80. The molecule has 0 unspecified atom stereocenters. The van der Waals surface area contributed by atoms with Gasteiger partial charge < -0.3 is 16.0 Å². The van der Waals surface area contributed by atoms with Crippen molar-refractivity contribution in [1.82, 2.24) is 15.3 Å². The third-order valence-corrected chi connectivity index (χ3v) is 4.09. The fraction of sp³-hybridized carbons (Fsp3) is 0.353. The third-order valence-electron chi connectivity index (χ3n) is 4.09. The van der Waals surface area contributed by atoms with Crippen molar-refractivity contribution in [2.45, 2.75) is 26.3 Å². The molecule has 0 radical (unpaired) electrons. The van der Waals surface area contributed by atoms with Gasteiger partial charge in [0.05, 0.1) is 6.67 Å². The molecule has 0 bridgehead atoms. The summed E-state index contributed by atoms with van der Waals surface area (Å²) < 4.78 is 0. The van der Waals surface area contributed by atoms with E-state index in [2.05, 4.69) is 26.3 Å². The van der Waals surface area contributed by atoms with Crippen molar-refractivity contribution in [1.29, 1.82) is 0 Å². The van der Waals surface area contributed by atoms with Crippen LogP contribution in [0.1, 0.15) is 24.5 Å². The van der Waals surface area contributed by atoms with Crippen LogP contribution in [-0.4, -0.2) is 29.1 Å². The molecule has 3 heterocycles. The van der Waals surface area contributed by atoms with Crippen molar-refractivity contribution < 1.29 is 4.79 Å². The van der Waals surface area contributed by atoms with Gasteiger partial charge in [0.15, 0.2) is 0 Å². The van der Waals surface area contributed by atoms with Gasteiger partial charge in [-0.2, -0.15) is 0 Å². The van der Waals surface area contributed by atoms with Crippen LogP contribution in [-0.2, 0) is 17.8 Å². The molecule has 6 nitrogen and oxygen atoms in total. The average Bonchev–Trinajstić information content (AvgIpc) is 2.59. The summed E-state index contributed by atoms with van der Waals surface area (Å²) in [5.74, 6) is 0.935. The summed E-state index contributed by atoms with van der Waals surface area (Å²) in [4.78, 5) is 22.1. The molecular formula is C17H21N5O. The maximum absolute atomic E-state index is 11.2. The number of amides is 1. The number of nitrogens with zero attached hydrogens (tertiary/aromatic N) is 3. The molecule has 3 N–H and O–H groups in total. The number of nitrogens with one attached hydrogen (secondary N) is 1. The van der Waals surface area contributed by atoms with Crippen LogP contribution in [0.25, 0.3) is 11.1 Å². The molecule has 1 aliphatic rings. The van der Waals surface area contributed by atoms with Crippen molar-refractivity contribution in [3.63, 3.8) is 0 Å². The van der Waals surface area contributed by atoms with Crippen molar-refractivity contribution in [3.8, 4) is 11.1 Å². The van der Waals surface area contributed by atoms with E-state index in [-0.39, 0.29) is 5.91 Å². The zero-order valence-corrected chi connectivity index (χ0v) is 13.2. The molecule has 0 saturated heterocycles. The summed E-state index contributed by atoms with van der Waals surface area (Å²) in [7, 11) is 0. The van der Waals surface area contributed by atoms with E-state index >= 15 is 0 Å². The van der Waals surface area contributed by atoms with Gasteiger partial charge in [0.1, 0.15) is 5.82 Å². The van der Waals surface area contributed by atoms with E-state index < -0.39 is 0 Å². The lowest BCUT2D eigenvalue weighted by atomic mass is 9.98. The number of rotatable bonds is 4. The van der Waals surface area contributed by atoms with Gasteiger partial charge in [-0.15, -0.1) is 0 Å². The summed E-state index contributed by atoms with van der Waals surface area (Å²) >= 11 is 0. The van der Waals surface area contributed by atoms with E-state index in [1.54, 1.807) is 6.20 Å². The number of fused-ring (bicyclic) bond motifs is 1. The van der Waals surface area contributed by atoms with Crippen LogP contribution >= 0.6 is 0 Å². The number of carbonyl (C=O) groups excluding carboxylic acids is 1. The van der Waals surface area contributed by atoms with Crippen LogP contribution in [0.2, 0.25) is 0 Å². The third kappa shape index (κ3) is 3.32. The Bertz CT molecular complexity index is 716. The number of pyridine rings is 2. The number of hydrogen-bond donors (Lipinski definition) is 2. The summed E-state index contributed by atoms with van der Waals surface area (Å²) in [5, 5.41) is 2.84. The van der Waals surface area contributed by atoms with E-state index in [4.69, 9.17) is 5.73 Å². The Morgan fingerprint density at radius 3 is 3.09 bits per heavy atom. The lowest BCUT2D eigenvalue weighted by Crippen LogP contribution is -2.35. The highest BCUT2D eigenvalue weighted by Gasteiger charge is 2.18. The highest BCUT2D eigenvalue weighted by Crippen LogP contribution is 2.30. The van der Waals surface area contributed by atoms with Crippen molar-refractivity contribution >= 4 is 11.7 Å². The minimum absolute atomic E-state index is 0.0464. The van der Waals surface area contributed by atoms with E-state index in [9.17, 15) is 4.79 Å². The fourth-order valence-corrected chi connectivity index (χ4v) is 2.92. The lowest BCUT2D eigenvalue weighted by molar-refractivity contribution is -0.119. The summed E-state index contributed by atoms with van der Waals surface area (Å²) in [6, 6.07) is 4.09. The average molecular weight is 311 g/mol. The molecule has 3 rings (SSSR count). The molecule has 0 saturated carbocycles. The quantitative estimate of drug-likeness (QED) is 0.893. The zero-order chi connectivity index (χ0) is 16.2. The standard InChI is InChI=1S/C17H21N5O/c1-12(23)20-8-14-4-5-19-10-16(14)15-7-13-3-2-6-22(11-18)17(13)21-9-15/h4-5,7,9-10H,2-3,6,8,11,18H2,1H3,(H,20,23). The SMILES string of the molecule is CC(=O)NCc1ccncc1-c1cnc2c(c1)CCCN2CN. The summed E-state index contributed by atoms with van der Waals surface area (Å²) in [6.07, 6.45) is 7.52. The van der Waals surface area contributed by atoms with Crippen LogP contribution in [0.3, 0.4) is 0 Å². The number of aromatic nitrogens is 2.